The van der Waals surface area contributed by atoms with Gasteiger partial charge in [0.1, 0.15) is 0 Å². The van der Waals surface area contributed by atoms with Crippen LogP contribution in [0.3, 0.4) is 0 Å². The van der Waals surface area contributed by atoms with Crippen molar-refractivity contribution >= 4 is 11.8 Å². The molecule has 8 aromatic rings. The lowest BCUT2D eigenvalue weighted by molar-refractivity contribution is 0.723. The summed E-state index contributed by atoms with van der Waals surface area (Å²) in [7, 11) is 0. The highest BCUT2D eigenvalue weighted by Gasteiger charge is 2.51. The molecule has 1 aliphatic heterocycles. The molecule has 0 N–H and O–H groups in total. The Hall–Kier alpha value is -6.54. The third kappa shape index (κ3) is 4.53. The molecule has 4 heteroatoms. The second-order valence-corrected chi connectivity index (χ2v) is 14.2. The fourth-order valence-corrected chi connectivity index (χ4v) is 9.52. The fraction of sp³-hybridized carbons (Fsp3) is 0.0208. The SMILES string of the molecule is N#Cc1ccc(-c2cccc3c2Sc2ccccc2C32c3ccccc3-c3c(-c4cc(-c5ccccc5)nc(-c5ccccc5)n4)cccc32)cc1. The predicted molar refractivity (Wildman–Crippen MR) is 210 cm³/mol. The number of benzene rings is 7. The average Bonchev–Trinajstić information content (AvgIpc) is 3.52. The van der Waals surface area contributed by atoms with E-state index in [2.05, 4.69) is 146 Å². The van der Waals surface area contributed by atoms with Crippen LogP contribution >= 0.6 is 11.8 Å². The molecule has 0 saturated heterocycles. The first kappa shape index (κ1) is 30.3. The number of hydrogen-bond acceptors (Lipinski definition) is 4. The third-order valence-electron chi connectivity index (χ3n) is 10.4. The first-order chi connectivity index (χ1) is 25.7. The molecule has 1 aromatic heterocycles. The van der Waals surface area contributed by atoms with Crippen molar-refractivity contribution in [1.29, 1.82) is 5.26 Å². The van der Waals surface area contributed by atoms with Crippen LogP contribution in [0.5, 0.6) is 0 Å². The van der Waals surface area contributed by atoms with Crippen LogP contribution in [-0.4, -0.2) is 9.97 Å². The lowest BCUT2D eigenvalue weighted by atomic mass is 9.67. The Morgan fingerprint density at radius 1 is 0.462 bits per heavy atom. The molecule has 1 unspecified atom stereocenters. The Kier molecular flexibility index (Phi) is 7.02. The van der Waals surface area contributed by atoms with E-state index in [1.807, 2.05) is 48.2 Å². The zero-order valence-corrected chi connectivity index (χ0v) is 28.8. The summed E-state index contributed by atoms with van der Waals surface area (Å²) in [6.07, 6.45) is 0. The number of nitrogens with zero attached hydrogens (tertiary/aromatic N) is 3. The number of aromatic nitrogens is 2. The maximum atomic E-state index is 9.51. The summed E-state index contributed by atoms with van der Waals surface area (Å²) in [6, 6.07) is 64.3. The molecule has 10 rings (SSSR count). The van der Waals surface area contributed by atoms with E-state index in [0.29, 0.717) is 11.4 Å². The largest absolute Gasteiger partial charge is 0.228 e. The number of rotatable bonds is 4. The topological polar surface area (TPSA) is 49.6 Å². The second kappa shape index (κ2) is 12.1. The molecule has 2 aliphatic rings. The molecule has 1 spiro atoms. The Morgan fingerprint density at radius 3 is 1.83 bits per heavy atom. The molecule has 7 aromatic carbocycles. The van der Waals surface area contributed by atoms with Crippen molar-refractivity contribution in [2.45, 2.75) is 15.2 Å². The van der Waals surface area contributed by atoms with Gasteiger partial charge in [-0.3, -0.25) is 0 Å². The van der Waals surface area contributed by atoms with Crippen LogP contribution in [0, 0.1) is 11.3 Å². The van der Waals surface area contributed by atoms with Crippen molar-refractivity contribution in [2.75, 3.05) is 0 Å². The van der Waals surface area contributed by atoms with Gasteiger partial charge in [-0.05, 0) is 68.8 Å². The quantitative estimate of drug-likeness (QED) is 0.186. The number of hydrogen-bond donors (Lipinski definition) is 0. The van der Waals surface area contributed by atoms with Gasteiger partial charge >= 0.3 is 0 Å². The number of nitriles is 1. The predicted octanol–water partition coefficient (Wildman–Crippen LogP) is 11.8. The third-order valence-corrected chi connectivity index (χ3v) is 11.6. The van der Waals surface area contributed by atoms with Crippen LogP contribution in [0.2, 0.25) is 0 Å². The molecule has 2 heterocycles. The lowest BCUT2D eigenvalue weighted by Crippen LogP contribution is -2.32. The van der Waals surface area contributed by atoms with Gasteiger partial charge in [-0.15, -0.1) is 0 Å². The molecule has 0 bridgehead atoms. The monoisotopic (exact) mass is 679 g/mol. The Bertz CT molecular complexity index is 2660. The second-order valence-electron chi connectivity index (χ2n) is 13.2. The van der Waals surface area contributed by atoms with Crippen molar-refractivity contribution in [3.8, 4) is 62.2 Å². The molecule has 1 aliphatic carbocycles. The minimum Gasteiger partial charge on any atom is -0.228 e. The van der Waals surface area contributed by atoms with Crippen LogP contribution in [0.4, 0.5) is 0 Å². The Balaban J connectivity index is 1.27. The summed E-state index contributed by atoms with van der Waals surface area (Å²) >= 11 is 1.84. The number of fused-ring (bicyclic) bond motifs is 9. The molecule has 0 fully saturated rings. The van der Waals surface area contributed by atoms with Gasteiger partial charge in [0.05, 0.1) is 28.4 Å². The maximum absolute atomic E-state index is 9.51. The van der Waals surface area contributed by atoms with E-state index in [1.165, 1.54) is 48.7 Å². The zero-order chi connectivity index (χ0) is 34.6. The van der Waals surface area contributed by atoms with Crippen molar-refractivity contribution < 1.29 is 0 Å². The van der Waals surface area contributed by atoms with Gasteiger partial charge < -0.3 is 0 Å². The van der Waals surface area contributed by atoms with E-state index in [-0.39, 0.29) is 0 Å². The van der Waals surface area contributed by atoms with Gasteiger partial charge in [-0.2, -0.15) is 5.26 Å². The standard InChI is InChI=1S/C48H29N3S/c49-30-31-25-27-32(28-26-31)35-18-11-23-41-46(35)52-44-24-10-9-21-39(44)48(41)38-20-8-7-17-36(38)45-37(19-12-22-40(45)48)43-29-42(33-13-3-1-4-14-33)50-47(51-43)34-15-5-2-6-16-34/h1-29H. The average molecular weight is 680 g/mol. The molecular formula is C48H29N3S. The van der Waals surface area contributed by atoms with Gasteiger partial charge in [-0.1, -0.05) is 163 Å². The van der Waals surface area contributed by atoms with Crippen LogP contribution in [0.25, 0.3) is 56.2 Å². The molecule has 0 amide bonds. The Morgan fingerprint density at radius 2 is 1.06 bits per heavy atom. The summed E-state index contributed by atoms with van der Waals surface area (Å²) in [4.78, 5) is 12.9. The molecular weight excluding hydrogens is 651 g/mol. The minimum atomic E-state index is -0.556. The first-order valence-electron chi connectivity index (χ1n) is 17.4. The highest BCUT2D eigenvalue weighted by Crippen LogP contribution is 2.64. The van der Waals surface area contributed by atoms with Gasteiger partial charge in [0.25, 0.3) is 0 Å². The highest BCUT2D eigenvalue weighted by molar-refractivity contribution is 7.99. The summed E-state index contributed by atoms with van der Waals surface area (Å²) in [5, 5.41) is 9.51. The van der Waals surface area contributed by atoms with Gasteiger partial charge in [-0.25, -0.2) is 9.97 Å². The summed E-state index contributed by atoms with van der Waals surface area (Å²) in [6.45, 7) is 0. The molecule has 3 nitrogen and oxygen atoms in total. The van der Waals surface area contributed by atoms with Crippen molar-refractivity contribution in [3.05, 3.63) is 204 Å². The summed E-state index contributed by atoms with van der Waals surface area (Å²) in [5.41, 5.74) is 14.7. The van der Waals surface area contributed by atoms with Crippen LogP contribution in [0.15, 0.2) is 186 Å². The Labute approximate surface area is 307 Å². The summed E-state index contributed by atoms with van der Waals surface area (Å²) < 4.78 is 0. The molecule has 0 radical (unpaired) electrons. The van der Waals surface area contributed by atoms with E-state index >= 15 is 0 Å². The molecule has 0 saturated carbocycles. The van der Waals surface area contributed by atoms with Crippen LogP contribution in [-0.2, 0) is 5.41 Å². The smallest absolute Gasteiger partial charge is 0.160 e. The van der Waals surface area contributed by atoms with Crippen LogP contribution < -0.4 is 0 Å². The van der Waals surface area contributed by atoms with Crippen molar-refractivity contribution in [1.82, 2.24) is 9.97 Å². The zero-order valence-electron chi connectivity index (χ0n) is 28.0. The minimum absolute atomic E-state index is 0.556. The normalized spacial score (nSPS) is 14.9. The highest BCUT2D eigenvalue weighted by atomic mass is 32.2. The fourth-order valence-electron chi connectivity index (χ4n) is 8.19. The van der Waals surface area contributed by atoms with E-state index in [1.54, 1.807) is 0 Å². The molecule has 242 valence electrons. The molecule has 1 atom stereocenters. The van der Waals surface area contributed by atoms with E-state index in [9.17, 15) is 5.26 Å². The lowest BCUT2D eigenvalue weighted by Gasteiger charge is -2.40. The van der Waals surface area contributed by atoms with E-state index in [0.717, 1.165) is 33.6 Å². The van der Waals surface area contributed by atoms with Crippen molar-refractivity contribution in [3.63, 3.8) is 0 Å². The summed E-state index contributed by atoms with van der Waals surface area (Å²) in [5.74, 6) is 0.701. The van der Waals surface area contributed by atoms with Gasteiger partial charge in [0.2, 0.25) is 0 Å². The van der Waals surface area contributed by atoms with E-state index in [4.69, 9.17) is 9.97 Å². The van der Waals surface area contributed by atoms with Crippen LogP contribution in [0.1, 0.15) is 27.8 Å². The first-order valence-corrected chi connectivity index (χ1v) is 18.2. The molecule has 52 heavy (non-hydrogen) atoms. The van der Waals surface area contributed by atoms with Gasteiger partial charge in [0.15, 0.2) is 5.82 Å². The van der Waals surface area contributed by atoms with Gasteiger partial charge in [0, 0.05) is 26.5 Å². The van der Waals surface area contributed by atoms with Crippen molar-refractivity contribution in [2.24, 2.45) is 0 Å². The van der Waals surface area contributed by atoms with E-state index < -0.39 is 5.41 Å². The maximum Gasteiger partial charge on any atom is 0.160 e.